The summed E-state index contributed by atoms with van der Waals surface area (Å²) in [6.07, 6.45) is 8.34. The van der Waals surface area contributed by atoms with Crippen molar-refractivity contribution in [3.8, 4) is 0 Å². The second kappa shape index (κ2) is 11.9. The minimum Gasteiger partial charge on any atom is -0.377 e. The number of anilines is 3. The van der Waals surface area contributed by atoms with E-state index in [4.69, 9.17) is 0 Å². The van der Waals surface area contributed by atoms with Crippen LogP contribution in [0.4, 0.5) is 27.8 Å². The monoisotopic (exact) mass is 550 g/mol. The Morgan fingerprint density at radius 1 is 1.18 bits per heavy atom. The van der Waals surface area contributed by atoms with Gasteiger partial charge in [0.25, 0.3) is 0 Å². The van der Waals surface area contributed by atoms with Gasteiger partial charge in [-0.15, -0.1) is 0 Å². The highest BCUT2D eigenvalue weighted by molar-refractivity contribution is 6.02. The number of aryl methyl sites for hydroxylation is 1. The Kier molecular flexibility index (Phi) is 8.19. The van der Waals surface area contributed by atoms with Crippen molar-refractivity contribution in [2.45, 2.75) is 57.5 Å². The van der Waals surface area contributed by atoms with Crippen LogP contribution in [0.5, 0.6) is 0 Å². The number of nitrogens with one attached hydrogen (secondary N) is 2. The molecular formula is C27H34N8O5. The van der Waals surface area contributed by atoms with Gasteiger partial charge < -0.3 is 10.2 Å². The van der Waals surface area contributed by atoms with Crippen molar-refractivity contribution in [1.82, 2.24) is 19.8 Å². The van der Waals surface area contributed by atoms with Gasteiger partial charge in [-0.3, -0.25) is 34.8 Å². The molecule has 2 aromatic heterocycles. The standard InChI is InChI=1S/C27H34N8O5/c1-32-10-11-33(25(37)16-32)15-19-12-18-6-5-9-34(26(18)30-22(19)17-36)27(38)31-24-13-21(23(14-28-24)35(39)40)29-20-7-3-2-4-8-20/h12-14,17,20H,2-11,15-16H2,1H3,(H2,28,29,31,38). The van der Waals surface area contributed by atoms with E-state index >= 15 is 0 Å². The average Bonchev–Trinajstić information content (AvgIpc) is 2.94. The van der Waals surface area contributed by atoms with E-state index in [-0.39, 0.29) is 35.7 Å². The predicted octanol–water partition coefficient (Wildman–Crippen LogP) is 3.20. The lowest BCUT2D eigenvalue weighted by atomic mass is 9.95. The number of urea groups is 1. The molecule has 2 N–H and O–H groups in total. The molecule has 212 valence electrons. The quantitative estimate of drug-likeness (QED) is 0.300. The molecule has 1 saturated carbocycles. The number of amides is 3. The van der Waals surface area contributed by atoms with Crippen LogP contribution in [-0.4, -0.2) is 82.2 Å². The van der Waals surface area contributed by atoms with Crippen molar-refractivity contribution in [3.63, 3.8) is 0 Å². The molecule has 13 heteroatoms. The number of aldehydes is 1. The zero-order valence-corrected chi connectivity index (χ0v) is 22.6. The van der Waals surface area contributed by atoms with Gasteiger partial charge in [0.1, 0.15) is 29.2 Å². The number of carbonyl (C=O) groups is 3. The maximum Gasteiger partial charge on any atom is 0.328 e. The Balaban J connectivity index is 1.35. The van der Waals surface area contributed by atoms with Gasteiger partial charge in [-0.25, -0.2) is 14.8 Å². The first-order chi connectivity index (χ1) is 19.3. The summed E-state index contributed by atoms with van der Waals surface area (Å²) in [6.45, 7) is 2.33. The number of nitrogens with zero attached hydrogens (tertiary/aromatic N) is 6. The van der Waals surface area contributed by atoms with Gasteiger partial charge in [0.15, 0.2) is 6.29 Å². The molecule has 0 atom stereocenters. The Bertz CT molecular complexity index is 1310. The summed E-state index contributed by atoms with van der Waals surface area (Å²) in [5.41, 5.74) is 1.85. The minimum atomic E-state index is -0.489. The van der Waals surface area contributed by atoms with Gasteiger partial charge in [0, 0.05) is 43.9 Å². The summed E-state index contributed by atoms with van der Waals surface area (Å²) in [5.74, 6) is 0.570. The SMILES string of the molecule is CN1CCN(Cc2cc3c(nc2C=O)N(C(=O)Nc2cc(NC4CCCCC4)c([N+](=O)[O-])cn2)CCC3)C(=O)C1. The molecule has 0 aromatic carbocycles. The molecule has 1 saturated heterocycles. The normalized spacial score (nSPS) is 18.3. The molecule has 40 heavy (non-hydrogen) atoms. The number of carbonyl (C=O) groups excluding carboxylic acids is 3. The number of hydrogen-bond acceptors (Lipinski definition) is 9. The van der Waals surface area contributed by atoms with Crippen molar-refractivity contribution in [2.75, 3.05) is 48.8 Å². The lowest BCUT2D eigenvalue weighted by Crippen LogP contribution is -2.48. The fourth-order valence-corrected chi connectivity index (χ4v) is 5.60. The lowest BCUT2D eigenvalue weighted by Gasteiger charge is -2.33. The number of hydrogen-bond donors (Lipinski definition) is 2. The summed E-state index contributed by atoms with van der Waals surface area (Å²) in [7, 11) is 1.90. The van der Waals surface area contributed by atoms with Crippen LogP contribution in [0.15, 0.2) is 18.3 Å². The van der Waals surface area contributed by atoms with Gasteiger partial charge in [0.2, 0.25) is 5.91 Å². The van der Waals surface area contributed by atoms with Crippen molar-refractivity contribution in [2.24, 2.45) is 0 Å². The van der Waals surface area contributed by atoms with E-state index in [1.807, 2.05) is 18.0 Å². The summed E-state index contributed by atoms with van der Waals surface area (Å²) >= 11 is 0. The number of pyridine rings is 2. The Morgan fingerprint density at radius 3 is 2.70 bits per heavy atom. The fraction of sp³-hybridized carbons (Fsp3) is 0.519. The van der Waals surface area contributed by atoms with Crippen LogP contribution in [0.2, 0.25) is 0 Å². The molecule has 2 aromatic rings. The molecular weight excluding hydrogens is 516 g/mol. The van der Waals surface area contributed by atoms with Crippen LogP contribution in [0.3, 0.4) is 0 Å². The highest BCUT2D eigenvalue weighted by atomic mass is 16.6. The van der Waals surface area contributed by atoms with E-state index in [9.17, 15) is 24.5 Å². The number of piperazine rings is 1. The number of aromatic nitrogens is 2. The van der Waals surface area contributed by atoms with E-state index in [1.54, 1.807) is 4.90 Å². The van der Waals surface area contributed by atoms with Crippen molar-refractivity contribution >= 4 is 41.2 Å². The van der Waals surface area contributed by atoms with Gasteiger partial charge in [-0.05, 0) is 44.4 Å². The lowest BCUT2D eigenvalue weighted by molar-refractivity contribution is -0.384. The molecule has 1 aliphatic carbocycles. The van der Waals surface area contributed by atoms with Crippen molar-refractivity contribution in [3.05, 3.63) is 45.3 Å². The van der Waals surface area contributed by atoms with E-state index in [0.29, 0.717) is 55.8 Å². The molecule has 0 spiro atoms. The van der Waals surface area contributed by atoms with Crippen LogP contribution < -0.4 is 15.5 Å². The molecule has 4 heterocycles. The van der Waals surface area contributed by atoms with Gasteiger partial charge in [-0.2, -0.15) is 0 Å². The highest BCUT2D eigenvalue weighted by Crippen LogP contribution is 2.31. The zero-order valence-electron chi connectivity index (χ0n) is 22.6. The third-order valence-electron chi connectivity index (χ3n) is 7.78. The van der Waals surface area contributed by atoms with Crippen LogP contribution in [0, 0.1) is 10.1 Å². The highest BCUT2D eigenvalue weighted by Gasteiger charge is 2.29. The summed E-state index contributed by atoms with van der Waals surface area (Å²) in [6, 6.07) is 3.01. The third-order valence-corrected chi connectivity index (χ3v) is 7.78. The third kappa shape index (κ3) is 6.03. The van der Waals surface area contributed by atoms with Gasteiger partial charge in [-0.1, -0.05) is 19.3 Å². The number of likely N-dealkylation sites (N-methyl/N-ethyl adjacent to an activating group) is 1. The van der Waals surface area contributed by atoms with E-state index in [2.05, 4.69) is 20.6 Å². The molecule has 3 aliphatic rings. The van der Waals surface area contributed by atoms with Crippen molar-refractivity contribution < 1.29 is 19.3 Å². The van der Waals surface area contributed by atoms with E-state index < -0.39 is 11.0 Å². The number of nitro groups is 1. The molecule has 2 fully saturated rings. The molecule has 0 bridgehead atoms. The summed E-state index contributed by atoms with van der Waals surface area (Å²) < 4.78 is 0. The first-order valence-corrected chi connectivity index (χ1v) is 13.8. The summed E-state index contributed by atoms with van der Waals surface area (Å²) in [4.78, 5) is 62.7. The van der Waals surface area contributed by atoms with E-state index in [0.717, 1.165) is 50.4 Å². The average molecular weight is 551 g/mol. The second-order valence-electron chi connectivity index (χ2n) is 10.7. The molecule has 0 unspecified atom stereocenters. The Morgan fingerprint density at radius 2 is 1.98 bits per heavy atom. The zero-order chi connectivity index (χ0) is 28.2. The minimum absolute atomic E-state index is 0.00253. The largest absolute Gasteiger partial charge is 0.377 e. The van der Waals surface area contributed by atoms with Crippen LogP contribution in [-0.2, 0) is 17.8 Å². The van der Waals surface area contributed by atoms with E-state index in [1.165, 1.54) is 11.0 Å². The number of rotatable bonds is 7. The Labute approximate surface area is 232 Å². The van der Waals surface area contributed by atoms with Crippen molar-refractivity contribution in [1.29, 1.82) is 0 Å². The smallest absolute Gasteiger partial charge is 0.328 e. The predicted molar refractivity (Wildman–Crippen MR) is 149 cm³/mol. The fourth-order valence-electron chi connectivity index (χ4n) is 5.60. The first-order valence-electron chi connectivity index (χ1n) is 13.8. The first kappa shape index (κ1) is 27.4. The number of fused-ring (bicyclic) bond motifs is 1. The molecule has 2 aliphatic heterocycles. The van der Waals surface area contributed by atoms with Gasteiger partial charge >= 0.3 is 11.7 Å². The Hall–Kier alpha value is -4.13. The van der Waals surface area contributed by atoms with Crippen LogP contribution in [0.1, 0.15) is 60.1 Å². The topological polar surface area (TPSA) is 154 Å². The maximum absolute atomic E-state index is 13.4. The van der Waals surface area contributed by atoms with Crippen LogP contribution >= 0.6 is 0 Å². The second-order valence-corrected chi connectivity index (χ2v) is 10.7. The summed E-state index contributed by atoms with van der Waals surface area (Å²) in [5, 5.41) is 17.6. The molecule has 3 amide bonds. The van der Waals surface area contributed by atoms with Crippen LogP contribution in [0.25, 0.3) is 0 Å². The molecule has 5 rings (SSSR count). The van der Waals surface area contributed by atoms with Gasteiger partial charge in [0.05, 0.1) is 11.5 Å². The maximum atomic E-state index is 13.4. The molecule has 13 nitrogen and oxygen atoms in total. The molecule has 0 radical (unpaired) electrons.